The summed E-state index contributed by atoms with van der Waals surface area (Å²) < 4.78 is 37.5. The summed E-state index contributed by atoms with van der Waals surface area (Å²) in [6.07, 6.45) is -1.77. The summed E-state index contributed by atoms with van der Waals surface area (Å²) in [4.78, 5) is 13.5. The van der Waals surface area contributed by atoms with Crippen LogP contribution in [-0.4, -0.2) is 11.3 Å². The Morgan fingerprint density at radius 1 is 1.54 bits per heavy atom. The number of rotatable bonds is 2. The van der Waals surface area contributed by atoms with Gasteiger partial charge in [-0.25, -0.2) is 13.2 Å². The number of carbonyl (C=O) groups is 1. The fraction of sp³-hybridized carbons (Fsp3) is 0.250. The van der Waals surface area contributed by atoms with Crippen LogP contribution in [-0.2, 0) is 0 Å². The van der Waals surface area contributed by atoms with Gasteiger partial charge in [0.05, 0.1) is 5.56 Å². The summed E-state index contributed by atoms with van der Waals surface area (Å²) in [5, 5.41) is 0. The quantitative estimate of drug-likeness (QED) is 0.668. The molecule has 1 heterocycles. The molecule has 1 aromatic heterocycles. The minimum atomic E-state index is -2.93. The molecule has 2 nitrogen and oxygen atoms in total. The predicted molar refractivity (Wildman–Crippen MR) is 39.3 cm³/mol. The van der Waals surface area contributed by atoms with E-state index in [1.54, 1.807) is 0 Å². The van der Waals surface area contributed by atoms with Gasteiger partial charge in [-0.05, 0) is 12.5 Å². The van der Waals surface area contributed by atoms with Crippen LogP contribution in [0.3, 0.4) is 0 Å². The Labute approximate surface area is 72.4 Å². The van der Waals surface area contributed by atoms with Gasteiger partial charge in [-0.3, -0.25) is 9.78 Å². The maximum absolute atomic E-state index is 13.0. The molecule has 1 aromatic rings. The van der Waals surface area contributed by atoms with E-state index in [2.05, 4.69) is 4.98 Å². The van der Waals surface area contributed by atoms with Gasteiger partial charge < -0.3 is 0 Å². The predicted octanol–water partition coefficient (Wildman–Crippen LogP) is 2.28. The highest BCUT2D eigenvalue weighted by Crippen LogP contribution is 2.25. The van der Waals surface area contributed by atoms with E-state index in [0.717, 1.165) is 6.20 Å². The molecule has 0 unspecified atom stereocenters. The summed E-state index contributed by atoms with van der Waals surface area (Å²) in [6, 6.07) is 0. The Bertz CT molecular complexity index is 338. The number of hydrogen-bond acceptors (Lipinski definition) is 2. The lowest BCUT2D eigenvalue weighted by molar-refractivity contribution is 0.111. The second-order valence-corrected chi connectivity index (χ2v) is 2.47. The fourth-order valence-electron chi connectivity index (χ4n) is 0.954. The van der Waals surface area contributed by atoms with Gasteiger partial charge in [0.15, 0.2) is 12.1 Å². The van der Waals surface area contributed by atoms with Gasteiger partial charge in [0.1, 0.15) is 5.69 Å². The third kappa shape index (κ3) is 1.68. The number of aldehydes is 1. The lowest BCUT2D eigenvalue weighted by atomic mass is 10.1. The first-order valence-corrected chi connectivity index (χ1v) is 3.46. The van der Waals surface area contributed by atoms with E-state index in [1.165, 1.54) is 6.92 Å². The third-order valence-electron chi connectivity index (χ3n) is 1.61. The zero-order valence-corrected chi connectivity index (χ0v) is 6.72. The lowest BCUT2D eigenvalue weighted by Gasteiger charge is -2.06. The van der Waals surface area contributed by atoms with Crippen molar-refractivity contribution in [3.05, 3.63) is 28.8 Å². The van der Waals surface area contributed by atoms with Crippen LogP contribution in [0.15, 0.2) is 6.20 Å². The van der Waals surface area contributed by atoms with Gasteiger partial charge in [0, 0.05) is 6.20 Å². The van der Waals surface area contributed by atoms with Crippen LogP contribution in [0.4, 0.5) is 13.2 Å². The van der Waals surface area contributed by atoms with Crippen molar-refractivity contribution in [1.29, 1.82) is 0 Å². The van der Waals surface area contributed by atoms with Crippen LogP contribution >= 0.6 is 0 Å². The Hall–Kier alpha value is -1.39. The molecule has 1 rings (SSSR count). The van der Waals surface area contributed by atoms with Crippen molar-refractivity contribution in [2.45, 2.75) is 13.3 Å². The van der Waals surface area contributed by atoms with E-state index < -0.39 is 23.5 Å². The normalized spacial score (nSPS) is 10.5. The number of alkyl halides is 2. The molecule has 0 N–H and O–H groups in total. The molecular weight excluding hydrogens is 183 g/mol. The number of hydrogen-bond donors (Lipinski definition) is 0. The maximum atomic E-state index is 13.0. The van der Waals surface area contributed by atoms with Gasteiger partial charge in [0.2, 0.25) is 0 Å². The summed E-state index contributed by atoms with van der Waals surface area (Å²) in [5.41, 5.74) is -1.30. The summed E-state index contributed by atoms with van der Waals surface area (Å²) in [5.74, 6) is -1.23. The maximum Gasteiger partial charge on any atom is 0.267 e. The highest BCUT2D eigenvalue weighted by molar-refractivity contribution is 5.72. The summed E-state index contributed by atoms with van der Waals surface area (Å²) >= 11 is 0. The molecule has 13 heavy (non-hydrogen) atoms. The Balaban J connectivity index is 3.38. The first-order valence-electron chi connectivity index (χ1n) is 3.46. The molecule has 0 saturated carbocycles. The molecule has 0 aliphatic heterocycles. The van der Waals surface area contributed by atoms with Crippen LogP contribution in [0.25, 0.3) is 0 Å². The van der Waals surface area contributed by atoms with Crippen molar-refractivity contribution in [1.82, 2.24) is 4.98 Å². The Morgan fingerprint density at radius 3 is 2.62 bits per heavy atom. The molecule has 0 atom stereocenters. The molecule has 0 aliphatic rings. The summed E-state index contributed by atoms with van der Waals surface area (Å²) in [6.45, 7) is 1.31. The number of carbonyl (C=O) groups excluding carboxylic acids is 1. The molecular formula is C8H6F3NO. The standard InChI is InChI=1S/C8H6F3NO/c1-4-2-12-5(3-13)7(9)6(4)8(10)11/h2-3,8H,1H3. The average molecular weight is 189 g/mol. The van der Waals surface area contributed by atoms with Gasteiger partial charge in [-0.2, -0.15) is 0 Å². The topological polar surface area (TPSA) is 30.0 Å². The highest BCUT2D eigenvalue weighted by atomic mass is 19.3. The first-order chi connectivity index (χ1) is 6.07. The average Bonchev–Trinajstić information content (AvgIpc) is 2.04. The number of aromatic nitrogens is 1. The molecule has 0 aliphatic carbocycles. The molecule has 70 valence electrons. The Morgan fingerprint density at radius 2 is 2.15 bits per heavy atom. The van der Waals surface area contributed by atoms with Crippen LogP contribution in [0, 0.1) is 12.7 Å². The smallest absolute Gasteiger partial charge is 0.267 e. The molecule has 0 bridgehead atoms. The second kappa shape index (κ2) is 3.55. The fourth-order valence-corrected chi connectivity index (χ4v) is 0.954. The van der Waals surface area contributed by atoms with E-state index in [-0.39, 0.29) is 11.8 Å². The largest absolute Gasteiger partial charge is 0.296 e. The van der Waals surface area contributed by atoms with E-state index in [1.807, 2.05) is 0 Å². The Kier molecular flexibility index (Phi) is 2.65. The molecule has 0 amide bonds. The van der Waals surface area contributed by atoms with Gasteiger partial charge in [0.25, 0.3) is 6.43 Å². The number of aryl methyl sites for hydroxylation is 1. The monoisotopic (exact) mass is 189 g/mol. The molecule has 0 saturated heterocycles. The highest BCUT2D eigenvalue weighted by Gasteiger charge is 2.19. The first kappa shape index (κ1) is 9.70. The van der Waals surface area contributed by atoms with Gasteiger partial charge in [-0.1, -0.05) is 0 Å². The lowest BCUT2D eigenvalue weighted by Crippen LogP contribution is -2.02. The number of pyridine rings is 1. The zero-order valence-electron chi connectivity index (χ0n) is 6.72. The van der Waals surface area contributed by atoms with Crippen molar-refractivity contribution in [2.24, 2.45) is 0 Å². The second-order valence-electron chi connectivity index (χ2n) is 2.47. The van der Waals surface area contributed by atoms with E-state index >= 15 is 0 Å². The number of halogens is 3. The van der Waals surface area contributed by atoms with Crippen LogP contribution in [0.1, 0.15) is 28.0 Å². The summed E-state index contributed by atoms with van der Waals surface area (Å²) in [7, 11) is 0. The van der Waals surface area contributed by atoms with Crippen molar-refractivity contribution < 1.29 is 18.0 Å². The zero-order chi connectivity index (χ0) is 10.0. The number of nitrogens with zero attached hydrogens (tertiary/aromatic N) is 1. The van der Waals surface area contributed by atoms with Gasteiger partial charge in [-0.15, -0.1) is 0 Å². The molecule has 0 aromatic carbocycles. The third-order valence-corrected chi connectivity index (χ3v) is 1.61. The van der Waals surface area contributed by atoms with Crippen LogP contribution < -0.4 is 0 Å². The van der Waals surface area contributed by atoms with Crippen molar-refractivity contribution >= 4 is 6.29 Å². The molecule has 0 radical (unpaired) electrons. The van der Waals surface area contributed by atoms with E-state index in [9.17, 15) is 18.0 Å². The SMILES string of the molecule is Cc1cnc(C=O)c(F)c1C(F)F. The molecule has 0 fully saturated rings. The van der Waals surface area contributed by atoms with E-state index in [4.69, 9.17) is 0 Å². The van der Waals surface area contributed by atoms with Crippen molar-refractivity contribution in [3.8, 4) is 0 Å². The van der Waals surface area contributed by atoms with Gasteiger partial charge >= 0.3 is 0 Å². The van der Waals surface area contributed by atoms with Crippen LogP contribution in [0.2, 0.25) is 0 Å². The van der Waals surface area contributed by atoms with Crippen LogP contribution in [0.5, 0.6) is 0 Å². The minimum absolute atomic E-state index is 0.0399. The molecule has 5 heteroatoms. The molecule has 0 spiro atoms. The van der Waals surface area contributed by atoms with E-state index in [0.29, 0.717) is 0 Å². The van der Waals surface area contributed by atoms with Crippen molar-refractivity contribution in [3.63, 3.8) is 0 Å². The van der Waals surface area contributed by atoms with Crippen molar-refractivity contribution in [2.75, 3.05) is 0 Å². The minimum Gasteiger partial charge on any atom is -0.296 e.